The molecule has 7 nitrogen and oxygen atoms in total. The normalized spacial score (nSPS) is 10.7. The molecule has 0 atom stereocenters. The molecular weight excluding hydrogens is 564 g/mol. The van der Waals surface area contributed by atoms with E-state index in [1.54, 1.807) is 18.2 Å². The molecule has 28 heavy (non-hydrogen) atoms. The lowest BCUT2D eigenvalue weighted by atomic mass is 10.2. The Bertz CT molecular complexity index is 895. The third kappa shape index (κ3) is 6.92. The fourth-order valence-corrected chi connectivity index (χ4v) is 4.08. The first-order chi connectivity index (χ1) is 13.3. The molecule has 0 heterocycles. The van der Waals surface area contributed by atoms with Gasteiger partial charge in [0.15, 0.2) is 13.2 Å². The molecule has 0 spiro atoms. The number of benzene rings is 2. The van der Waals surface area contributed by atoms with Crippen LogP contribution >= 0.6 is 47.8 Å². The Kier molecular flexibility index (Phi) is 8.46. The zero-order chi connectivity index (χ0) is 20.7. The van der Waals surface area contributed by atoms with E-state index in [4.69, 9.17) is 14.6 Å². The molecule has 0 aliphatic carbocycles. The van der Waals surface area contributed by atoms with Gasteiger partial charge in [-0.1, -0.05) is 15.9 Å². The third-order valence-corrected chi connectivity index (χ3v) is 4.88. The van der Waals surface area contributed by atoms with E-state index in [-0.39, 0.29) is 6.61 Å². The van der Waals surface area contributed by atoms with Crippen molar-refractivity contribution in [1.82, 2.24) is 5.43 Å². The van der Waals surface area contributed by atoms with Crippen LogP contribution in [0, 0.1) is 6.92 Å². The minimum Gasteiger partial charge on any atom is -0.481 e. The monoisotopic (exact) mass is 576 g/mol. The highest BCUT2D eigenvalue weighted by atomic mass is 79.9. The van der Waals surface area contributed by atoms with Gasteiger partial charge in [0.2, 0.25) is 0 Å². The van der Waals surface area contributed by atoms with E-state index in [0.717, 1.165) is 19.0 Å². The van der Waals surface area contributed by atoms with Crippen LogP contribution in [0.25, 0.3) is 0 Å². The van der Waals surface area contributed by atoms with Gasteiger partial charge in [-0.15, -0.1) is 0 Å². The molecule has 0 fully saturated rings. The predicted molar refractivity (Wildman–Crippen MR) is 115 cm³/mol. The molecule has 2 N–H and O–H groups in total. The predicted octanol–water partition coefficient (Wildman–Crippen LogP) is 4.28. The average molecular weight is 579 g/mol. The summed E-state index contributed by atoms with van der Waals surface area (Å²) in [6.45, 7) is 1.22. The number of nitrogens with one attached hydrogen (secondary N) is 1. The second kappa shape index (κ2) is 10.6. The van der Waals surface area contributed by atoms with E-state index >= 15 is 0 Å². The van der Waals surface area contributed by atoms with Gasteiger partial charge < -0.3 is 14.6 Å². The molecule has 148 valence electrons. The number of carboxylic acid groups (broad SMARTS) is 1. The van der Waals surface area contributed by atoms with Crippen molar-refractivity contribution in [3.05, 3.63) is 54.9 Å². The molecular formula is C18H15Br3N2O5. The number of amides is 1. The lowest BCUT2D eigenvalue weighted by Crippen LogP contribution is -2.24. The van der Waals surface area contributed by atoms with Gasteiger partial charge in [-0.05, 0) is 74.7 Å². The fourth-order valence-electron chi connectivity index (χ4n) is 2.06. The summed E-state index contributed by atoms with van der Waals surface area (Å²) in [6.07, 6.45) is 1.36. The van der Waals surface area contributed by atoms with Gasteiger partial charge in [-0.3, -0.25) is 4.79 Å². The summed E-state index contributed by atoms with van der Waals surface area (Å²) in [5.74, 6) is -0.711. The van der Waals surface area contributed by atoms with Gasteiger partial charge in [0.1, 0.15) is 11.5 Å². The van der Waals surface area contributed by atoms with Crippen LogP contribution in [0.4, 0.5) is 0 Å². The van der Waals surface area contributed by atoms with Gasteiger partial charge in [0.05, 0.1) is 15.2 Å². The highest BCUT2D eigenvalue weighted by Crippen LogP contribution is 2.34. The maximum absolute atomic E-state index is 12.0. The number of nitrogens with zero attached hydrogens (tertiary/aromatic N) is 1. The summed E-state index contributed by atoms with van der Waals surface area (Å²) in [7, 11) is 0. The van der Waals surface area contributed by atoms with Crippen molar-refractivity contribution in [2.75, 3.05) is 13.2 Å². The van der Waals surface area contributed by atoms with E-state index in [1.807, 2.05) is 19.1 Å². The van der Waals surface area contributed by atoms with Crippen molar-refractivity contribution in [3.8, 4) is 11.5 Å². The summed E-state index contributed by atoms with van der Waals surface area (Å²) in [6, 6.07) is 8.75. The number of carboxylic acids is 1. The maximum atomic E-state index is 12.0. The van der Waals surface area contributed by atoms with Gasteiger partial charge in [-0.25, -0.2) is 10.2 Å². The van der Waals surface area contributed by atoms with Crippen molar-refractivity contribution in [2.24, 2.45) is 5.10 Å². The molecule has 1 amide bonds. The number of hydrazone groups is 1. The van der Waals surface area contributed by atoms with Crippen LogP contribution in [-0.4, -0.2) is 36.4 Å². The maximum Gasteiger partial charge on any atom is 0.341 e. The molecule has 0 saturated carbocycles. The molecule has 0 radical (unpaired) electrons. The number of hydrogen-bond acceptors (Lipinski definition) is 5. The Morgan fingerprint density at radius 1 is 1.11 bits per heavy atom. The zero-order valence-electron chi connectivity index (χ0n) is 14.5. The van der Waals surface area contributed by atoms with Crippen molar-refractivity contribution < 1.29 is 24.2 Å². The van der Waals surface area contributed by atoms with E-state index in [0.29, 0.717) is 17.1 Å². The van der Waals surface area contributed by atoms with Crippen LogP contribution in [0.5, 0.6) is 11.5 Å². The first-order valence-corrected chi connectivity index (χ1v) is 10.2. The van der Waals surface area contributed by atoms with Crippen molar-refractivity contribution in [2.45, 2.75) is 6.92 Å². The Labute approximate surface area is 186 Å². The zero-order valence-corrected chi connectivity index (χ0v) is 19.3. The van der Waals surface area contributed by atoms with E-state index in [1.165, 1.54) is 6.21 Å². The van der Waals surface area contributed by atoms with Crippen LogP contribution in [0.2, 0.25) is 0 Å². The molecule has 2 rings (SSSR count). The van der Waals surface area contributed by atoms with Gasteiger partial charge in [0, 0.05) is 10.0 Å². The van der Waals surface area contributed by atoms with Crippen molar-refractivity contribution >= 4 is 65.9 Å². The van der Waals surface area contributed by atoms with Crippen molar-refractivity contribution in [3.63, 3.8) is 0 Å². The van der Waals surface area contributed by atoms with Gasteiger partial charge in [0.25, 0.3) is 5.91 Å². The van der Waals surface area contributed by atoms with Gasteiger partial charge in [-0.2, -0.15) is 5.10 Å². The lowest BCUT2D eigenvalue weighted by Gasteiger charge is -2.10. The number of aliphatic carboxylic acids is 1. The van der Waals surface area contributed by atoms with E-state index in [2.05, 4.69) is 58.3 Å². The van der Waals surface area contributed by atoms with E-state index in [9.17, 15) is 9.59 Å². The van der Waals surface area contributed by atoms with Crippen molar-refractivity contribution in [1.29, 1.82) is 0 Å². The number of carbonyl (C=O) groups is 2. The Morgan fingerprint density at radius 2 is 1.79 bits per heavy atom. The quantitative estimate of drug-likeness (QED) is 0.360. The van der Waals surface area contributed by atoms with Gasteiger partial charge >= 0.3 is 5.97 Å². The molecule has 0 aromatic heterocycles. The molecule has 2 aromatic carbocycles. The topological polar surface area (TPSA) is 97.2 Å². The smallest absolute Gasteiger partial charge is 0.341 e. The first kappa shape index (κ1) is 22.4. The molecule has 0 unspecified atom stereocenters. The number of carbonyl (C=O) groups excluding carboxylic acids is 1. The SMILES string of the molecule is Cc1cc(Br)c(OCC(=O)N/N=C/c2cc(Br)ccc2OCC(=O)O)c(Br)c1. The standard InChI is InChI=1S/C18H15Br3N2O5/c1-10-4-13(20)18(14(21)5-10)28-8-16(24)23-22-7-11-6-12(19)2-3-15(11)27-9-17(25)26/h2-7H,8-9H2,1H3,(H,23,24)(H,25,26)/b22-7+. The minimum atomic E-state index is -1.09. The minimum absolute atomic E-state index is 0.238. The Hall–Kier alpha value is -1.91. The number of halogens is 3. The van der Waals surface area contributed by atoms with Crippen LogP contribution < -0.4 is 14.9 Å². The number of rotatable bonds is 8. The molecule has 0 bridgehead atoms. The number of aryl methyl sites for hydroxylation is 1. The second-order valence-corrected chi connectivity index (χ2v) is 8.13. The summed E-state index contributed by atoms with van der Waals surface area (Å²) in [5.41, 5.74) is 3.89. The highest BCUT2D eigenvalue weighted by Gasteiger charge is 2.10. The first-order valence-electron chi connectivity index (χ1n) is 7.80. The van der Waals surface area contributed by atoms with E-state index < -0.39 is 18.5 Å². The molecule has 0 aliphatic rings. The number of ether oxygens (including phenoxy) is 2. The van der Waals surface area contributed by atoms with Crippen LogP contribution in [0.15, 0.2) is 48.9 Å². The second-order valence-electron chi connectivity index (χ2n) is 5.50. The Balaban J connectivity index is 1.96. The summed E-state index contributed by atoms with van der Waals surface area (Å²) in [4.78, 5) is 22.6. The molecule has 0 saturated heterocycles. The largest absolute Gasteiger partial charge is 0.481 e. The molecule has 10 heteroatoms. The summed E-state index contributed by atoms with van der Waals surface area (Å²) >= 11 is 10.1. The van der Waals surface area contributed by atoms with Crippen LogP contribution in [0.1, 0.15) is 11.1 Å². The fraction of sp³-hybridized carbons (Fsp3) is 0.167. The highest BCUT2D eigenvalue weighted by molar-refractivity contribution is 9.11. The van der Waals surface area contributed by atoms with Crippen LogP contribution in [-0.2, 0) is 9.59 Å². The summed E-state index contributed by atoms with van der Waals surface area (Å²) in [5, 5.41) is 12.6. The average Bonchev–Trinajstić information content (AvgIpc) is 2.60. The molecule has 2 aromatic rings. The van der Waals surface area contributed by atoms with Crippen LogP contribution in [0.3, 0.4) is 0 Å². The number of hydrogen-bond donors (Lipinski definition) is 2. The lowest BCUT2D eigenvalue weighted by molar-refractivity contribution is -0.139. The third-order valence-electron chi connectivity index (χ3n) is 3.21. The molecule has 0 aliphatic heterocycles. The Morgan fingerprint density at radius 3 is 2.43 bits per heavy atom. The summed E-state index contributed by atoms with van der Waals surface area (Å²) < 4.78 is 12.9.